The number of guanidine groups is 1. The molecule has 2 saturated carbocycles. The van der Waals surface area contributed by atoms with Gasteiger partial charge in [-0.15, -0.1) is 0 Å². The van der Waals surface area contributed by atoms with E-state index in [1.54, 1.807) is 0 Å². The highest BCUT2D eigenvalue weighted by molar-refractivity contribution is 5.80. The van der Waals surface area contributed by atoms with Crippen LogP contribution in [0.25, 0.3) is 0 Å². The van der Waals surface area contributed by atoms with Crippen molar-refractivity contribution in [2.45, 2.75) is 58.0 Å². The van der Waals surface area contributed by atoms with Gasteiger partial charge >= 0.3 is 0 Å². The molecule has 4 nitrogen and oxygen atoms in total. The molecule has 3 aliphatic rings. The fraction of sp³-hybridized carbons (Fsp3) is 0.682. The minimum absolute atomic E-state index is 0.552. The standard InChI is InChI=1S/C22H34N4/c1-2-23-21(24-17-22(12-13-22)19-8-9-19)25-20-10-14-26(15-11-20)16-18-6-4-3-5-7-18/h3-7,19-20H,2,8-17H2,1H3,(H2,23,24,25). The van der Waals surface area contributed by atoms with E-state index in [0.717, 1.165) is 44.6 Å². The van der Waals surface area contributed by atoms with Crippen LogP contribution in [-0.2, 0) is 6.54 Å². The third-order valence-electron chi connectivity index (χ3n) is 6.41. The van der Waals surface area contributed by atoms with Crippen LogP contribution in [0.1, 0.15) is 51.0 Å². The lowest BCUT2D eigenvalue weighted by atomic mass is 10.0. The first-order valence-electron chi connectivity index (χ1n) is 10.6. The third-order valence-corrected chi connectivity index (χ3v) is 6.41. The number of piperidine rings is 1. The quantitative estimate of drug-likeness (QED) is 0.582. The number of aliphatic imine (C=N–C) groups is 1. The van der Waals surface area contributed by atoms with Crippen LogP contribution in [0.15, 0.2) is 35.3 Å². The van der Waals surface area contributed by atoms with Gasteiger partial charge in [-0.05, 0) is 62.3 Å². The van der Waals surface area contributed by atoms with Gasteiger partial charge in [0.2, 0.25) is 0 Å². The van der Waals surface area contributed by atoms with Crippen molar-refractivity contribution in [3.05, 3.63) is 35.9 Å². The van der Waals surface area contributed by atoms with Gasteiger partial charge < -0.3 is 10.6 Å². The van der Waals surface area contributed by atoms with Gasteiger partial charge in [0.25, 0.3) is 0 Å². The number of hydrogen-bond donors (Lipinski definition) is 2. The summed E-state index contributed by atoms with van der Waals surface area (Å²) in [6, 6.07) is 11.4. The second kappa shape index (κ2) is 7.99. The Morgan fingerprint density at radius 1 is 1.12 bits per heavy atom. The molecule has 1 aliphatic heterocycles. The Morgan fingerprint density at radius 3 is 2.46 bits per heavy atom. The van der Waals surface area contributed by atoms with Crippen molar-refractivity contribution in [2.75, 3.05) is 26.2 Å². The van der Waals surface area contributed by atoms with Gasteiger partial charge in [-0.1, -0.05) is 30.3 Å². The zero-order chi connectivity index (χ0) is 17.8. The maximum absolute atomic E-state index is 4.97. The number of hydrogen-bond acceptors (Lipinski definition) is 2. The minimum Gasteiger partial charge on any atom is -0.357 e. The van der Waals surface area contributed by atoms with E-state index in [-0.39, 0.29) is 0 Å². The first-order chi connectivity index (χ1) is 12.8. The summed E-state index contributed by atoms with van der Waals surface area (Å²) < 4.78 is 0. The zero-order valence-corrected chi connectivity index (χ0v) is 16.2. The second-order valence-electron chi connectivity index (χ2n) is 8.51. The predicted octanol–water partition coefficient (Wildman–Crippen LogP) is 3.40. The fourth-order valence-electron chi connectivity index (χ4n) is 4.38. The zero-order valence-electron chi connectivity index (χ0n) is 16.2. The van der Waals surface area contributed by atoms with Crippen molar-refractivity contribution in [1.29, 1.82) is 0 Å². The Kier molecular flexibility index (Phi) is 5.49. The highest BCUT2D eigenvalue weighted by Gasteiger charge is 2.53. The highest BCUT2D eigenvalue weighted by Crippen LogP contribution is 2.61. The van der Waals surface area contributed by atoms with E-state index in [0.29, 0.717) is 11.5 Å². The number of likely N-dealkylation sites (tertiary alicyclic amines) is 1. The Morgan fingerprint density at radius 2 is 1.85 bits per heavy atom. The molecule has 2 aliphatic carbocycles. The molecule has 0 unspecified atom stereocenters. The predicted molar refractivity (Wildman–Crippen MR) is 108 cm³/mol. The van der Waals surface area contributed by atoms with E-state index >= 15 is 0 Å². The molecule has 2 N–H and O–H groups in total. The molecule has 1 aromatic rings. The lowest BCUT2D eigenvalue weighted by molar-refractivity contribution is 0.198. The molecule has 4 heteroatoms. The average Bonchev–Trinajstić information content (AvgIpc) is 3.56. The summed E-state index contributed by atoms with van der Waals surface area (Å²) in [5, 5.41) is 7.18. The Labute approximate surface area is 158 Å². The maximum atomic E-state index is 4.97. The Bertz CT molecular complexity index is 596. The van der Waals surface area contributed by atoms with Crippen molar-refractivity contribution >= 4 is 5.96 Å². The van der Waals surface area contributed by atoms with E-state index in [9.17, 15) is 0 Å². The average molecular weight is 355 g/mol. The number of benzene rings is 1. The molecule has 0 spiro atoms. The van der Waals surface area contributed by atoms with E-state index in [1.165, 1.54) is 44.1 Å². The van der Waals surface area contributed by atoms with E-state index in [2.05, 4.69) is 52.8 Å². The molecule has 0 bridgehead atoms. The molecular weight excluding hydrogens is 320 g/mol. The van der Waals surface area contributed by atoms with Crippen LogP contribution in [0.4, 0.5) is 0 Å². The number of rotatable bonds is 7. The topological polar surface area (TPSA) is 39.7 Å². The smallest absolute Gasteiger partial charge is 0.191 e. The maximum Gasteiger partial charge on any atom is 0.191 e. The molecule has 0 radical (unpaired) electrons. The summed E-state index contributed by atoms with van der Waals surface area (Å²) in [5.74, 6) is 2.02. The molecule has 26 heavy (non-hydrogen) atoms. The molecular formula is C22H34N4. The Balaban J connectivity index is 1.25. The number of nitrogens with one attached hydrogen (secondary N) is 2. The largest absolute Gasteiger partial charge is 0.357 e. The summed E-state index contributed by atoms with van der Waals surface area (Å²) in [6.45, 7) is 7.53. The summed E-state index contributed by atoms with van der Waals surface area (Å²) >= 11 is 0. The van der Waals surface area contributed by atoms with Crippen LogP contribution in [0.5, 0.6) is 0 Å². The lowest BCUT2D eigenvalue weighted by Crippen LogP contribution is -2.48. The summed E-state index contributed by atoms with van der Waals surface area (Å²) in [5.41, 5.74) is 2.00. The van der Waals surface area contributed by atoms with Crippen molar-refractivity contribution in [2.24, 2.45) is 16.3 Å². The van der Waals surface area contributed by atoms with Gasteiger partial charge in [0.15, 0.2) is 5.96 Å². The van der Waals surface area contributed by atoms with Gasteiger partial charge in [0.05, 0.1) is 0 Å². The number of nitrogens with zero attached hydrogens (tertiary/aromatic N) is 2. The van der Waals surface area contributed by atoms with Crippen molar-refractivity contribution < 1.29 is 0 Å². The molecule has 1 aromatic carbocycles. The van der Waals surface area contributed by atoms with Crippen LogP contribution in [-0.4, -0.2) is 43.1 Å². The molecule has 1 saturated heterocycles. The highest BCUT2D eigenvalue weighted by atomic mass is 15.2. The molecule has 0 atom stereocenters. The van der Waals surface area contributed by atoms with Crippen LogP contribution in [0.2, 0.25) is 0 Å². The monoisotopic (exact) mass is 354 g/mol. The minimum atomic E-state index is 0.552. The van der Waals surface area contributed by atoms with Gasteiger partial charge in [-0.3, -0.25) is 9.89 Å². The first kappa shape index (κ1) is 17.8. The summed E-state index contributed by atoms with van der Waals surface area (Å²) in [6.07, 6.45) is 8.09. The van der Waals surface area contributed by atoms with E-state index in [4.69, 9.17) is 4.99 Å². The van der Waals surface area contributed by atoms with Crippen LogP contribution in [0, 0.1) is 11.3 Å². The van der Waals surface area contributed by atoms with Crippen LogP contribution < -0.4 is 10.6 Å². The molecule has 4 rings (SSSR count). The van der Waals surface area contributed by atoms with Gasteiger partial charge in [0, 0.05) is 38.8 Å². The first-order valence-corrected chi connectivity index (χ1v) is 10.6. The molecule has 1 heterocycles. The molecule has 142 valence electrons. The molecule has 0 aromatic heterocycles. The molecule has 3 fully saturated rings. The third kappa shape index (κ3) is 4.59. The van der Waals surface area contributed by atoms with Crippen molar-refractivity contribution in [1.82, 2.24) is 15.5 Å². The Hall–Kier alpha value is -1.55. The van der Waals surface area contributed by atoms with E-state index < -0.39 is 0 Å². The van der Waals surface area contributed by atoms with E-state index in [1.807, 2.05) is 0 Å². The van der Waals surface area contributed by atoms with Crippen molar-refractivity contribution in [3.8, 4) is 0 Å². The van der Waals surface area contributed by atoms with Crippen LogP contribution in [0.3, 0.4) is 0 Å². The molecule has 0 amide bonds. The van der Waals surface area contributed by atoms with Gasteiger partial charge in [-0.2, -0.15) is 0 Å². The second-order valence-corrected chi connectivity index (χ2v) is 8.51. The van der Waals surface area contributed by atoms with Crippen molar-refractivity contribution in [3.63, 3.8) is 0 Å². The van der Waals surface area contributed by atoms with Crippen LogP contribution >= 0.6 is 0 Å². The van der Waals surface area contributed by atoms with Gasteiger partial charge in [-0.25, -0.2) is 0 Å². The normalized spacial score (nSPS) is 23.7. The SMILES string of the molecule is CCNC(=NCC1(C2CC2)CC1)NC1CCN(Cc2ccccc2)CC1. The fourth-order valence-corrected chi connectivity index (χ4v) is 4.38. The summed E-state index contributed by atoms with van der Waals surface area (Å²) in [4.78, 5) is 7.54. The lowest BCUT2D eigenvalue weighted by Gasteiger charge is -2.33. The van der Waals surface area contributed by atoms with Gasteiger partial charge in [0.1, 0.15) is 0 Å². The summed E-state index contributed by atoms with van der Waals surface area (Å²) in [7, 11) is 0.